The van der Waals surface area contributed by atoms with Crippen molar-refractivity contribution in [3.63, 3.8) is 0 Å². The molecular weight excluding hydrogens is 314 g/mol. The van der Waals surface area contributed by atoms with Crippen molar-refractivity contribution in [3.8, 4) is 0 Å². The Morgan fingerprint density at radius 3 is 2.87 bits per heavy atom. The van der Waals surface area contributed by atoms with Gasteiger partial charge in [-0.25, -0.2) is 0 Å². The van der Waals surface area contributed by atoms with Crippen molar-refractivity contribution in [2.24, 2.45) is 0 Å². The third-order valence-corrected chi connectivity index (χ3v) is 3.66. The number of nitrogens with one attached hydrogen (secondary N) is 2. The molecule has 0 spiro atoms. The maximum Gasteiger partial charge on any atom is 0.271 e. The van der Waals surface area contributed by atoms with Gasteiger partial charge in [0.2, 0.25) is 0 Å². The fourth-order valence-corrected chi connectivity index (χ4v) is 2.55. The second-order valence-corrected chi connectivity index (χ2v) is 5.56. The second kappa shape index (κ2) is 7.19. The highest BCUT2D eigenvalue weighted by Gasteiger charge is 2.14. The van der Waals surface area contributed by atoms with Crippen LogP contribution in [0.15, 0.2) is 30.5 Å². The summed E-state index contributed by atoms with van der Waals surface area (Å²) in [7, 11) is 0. The number of hydrogen-bond donors (Lipinski definition) is 2. The third kappa shape index (κ3) is 4.26. The minimum absolute atomic E-state index is 0.0194. The number of non-ortho nitro benzene ring substituents is 1. The van der Waals surface area contributed by atoms with Crippen LogP contribution in [0.3, 0.4) is 0 Å². The predicted octanol–water partition coefficient (Wildman–Crippen LogP) is 3.17. The van der Waals surface area contributed by atoms with Gasteiger partial charge in [0.1, 0.15) is 0 Å². The highest BCUT2D eigenvalue weighted by atomic mass is 32.1. The monoisotopic (exact) mass is 333 g/mol. The minimum atomic E-state index is -0.438. The van der Waals surface area contributed by atoms with Gasteiger partial charge >= 0.3 is 0 Å². The molecule has 0 saturated carbocycles. The van der Waals surface area contributed by atoms with Crippen molar-refractivity contribution < 1.29 is 4.92 Å². The fourth-order valence-electron chi connectivity index (χ4n) is 2.26. The summed E-state index contributed by atoms with van der Waals surface area (Å²) < 4.78 is 1.87. The molecule has 1 heterocycles. The highest BCUT2D eigenvalue weighted by Crippen LogP contribution is 2.19. The smallest absolute Gasteiger partial charge is 0.271 e. The molecule has 122 valence electrons. The molecule has 0 aliphatic rings. The summed E-state index contributed by atoms with van der Waals surface area (Å²) in [6.45, 7) is 6.79. The number of thiocarbonyl (C=S) groups is 1. The van der Waals surface area contributed by atoms with E-state index < -0.39 is 4.92 Å². The molecule has 1 aromatic heterocycles. The van der Waals surface area contributed by atoms with Crippen molar-refractivity contribution >= 4 is 28.7 Å². The van der Waals surface area contributed by atoms with Crippen LogP contribution in [-0.4, -0.2) is 19.8 Å². The van der Waals surface area contributed by atoms with Crippen molar-refractivity contribution in [1.29, 1.82) is 0 Å². The largest absolute Gasteiger partial charge is 0.356 e. The van der Waals surface area contributed by atoms with Gasteiger partial charge in [0.15, 0.2) is 5.11 Å². The Labute approximate surface area is 139 Å². The lowest BCUT2D eigenvalue weighted by atomic mass is 10.1. The molecule has 1 aromatic carbocycles. The van der Waals surface area contributed by atoms with E-state index in [1.807, 2.05) is 31.6 Å². The van der Waals surface area contributed by atoms with Crippen LogP contribution < -0.4 is 10.6 Å². The Kier molecular flexibility index (Phi) is 5.28. The molecule has 2 N–H and O–H groups in total. The molecule has 0 unspecified atom stereocenters. The summed E-state index contributed by atoms with van der Waals surface area (Å²) in [5.74, 6) is 0. The molecule has 2 rings (SSSR count). The first kappa shape index (κ1) is 16.9. The number of nitro groups is 1. The van der Waals surface area contributed by atoms with E-state index in [1.165, 1.54) is 12.1 Å². The molecule has 0 fully saturated rings. The van der Waals surface area contributed by atoms with Crippen LogP contribution >= 0.6 is 12.2 Å². The lowest BCUT2D eigenvalue weighted by molar-refractivity contribution is -0.384. The summed E-state index contributed by atoms with van der Waals surface area (Å²) in [5.41, 5.74) is 2.61. The highest BCUT2D eigenvalue weighted by molar-refractivity contribution is 7.80. The zero-order chi connectivity index (χ0) is 17.0. The average molecular weight is 333 g/mol. The van der Waals surface area contributed by atoms with Gasteiger partial charge in [0, 0.05) is 36.1 Å². The maximum atomic E-state index is 10.8. The van der Waals surface area contributed by atoms with Gasteiger partial charge in [-0.15, -0.1) is 0 Å². The lowest BCUT2D eigenvalue weighted by Gasteiger charge is -2.16. The first-order chi connectivity index (χ1) is 10.9. The topological polar surface area (TPSA) is 85.0 Å². The van der Waals surface area contributed by atoms with E-state index in [2.05, 4.69) is 15.7 Å². The Morgan fingerprint density at radius 1 is 1.52 bits per heavy atom. The molecule has 0 saturated heterocycles. The first-order valence-corrected chi connectivity index (χ1v) is 7.67. The van der Waals surface area contributed by atoms with Crippen LogP contribution in [0.5, 0.6) is 0 Å². The zero-order valence-electron chi connectivity index (χ0n) is 13.2. The zero-order valence-corrected chi connectivity index (χ0v) is 14.1. The normalized spacial score (nSPS) is 11.8. The van der Waals surface area contributed by atoms with Gasteiger partial charge in [-0.05, 0) is 39.1 Å². The summed E-state index contributed by atoms with van der Waals surface area (Å²) in [6.07, 6.45) is 1.99. The van der Waals surface area contributed by atoms with Gasteiger partial charge in [-0.3, -0.25) is 14.8 Å². The van der Waals surface area contributed by atoms with Crippen LogP contribution in [0.1, 0.15) is 31.1 Å². The van der Waals surface area contributed by atoms with E-state index in [9.17, 15) is 10.1 Å². The third-order valence-electron chi connectivity index (χ3n) is 3.44. The lowest BCUT2D eigenvalue weighted by Crippen LogP contribution is -2.31. The van der Waals surface area contributed by atoms with Crippen molar-refractivity contribution in [2.75, 3.05) is 5.32 Å². The van der Waals surface area contributed by atoms with Crippen LogP contribution in [0.2, 0.25) is 0 Å². The molecule has 7 nitrogen and oxygen atoms in total. The van der Waals surface area contributed by atoms with Crippen molar-refractivity contribution in [3.05, 3.63) is 51.8 Å². The Balaban J connectivity index is 2.02. The molecule has 23 heavy (non-hydrogen) atoms. The molecule has 0 aliphatic carbocycles. The summed E-state index contributed by atoms with van der Waals surface area (Å²) in [6, 6.07) is 6.20. The van der Waals surface area contributed by atoms with Crippen LogP contribution in [-0.2, 0) is 6.54 Å². The Hall–Kier alpha value is -2.48. The number of anilines is 1. The Bertz CT molecular complexity index is 728. The number of aromatic nitrogens is 2. The Morgan fingerprint density at radius 2 is 2.26 bits per heavy atom. The quantitative estimate of drug-likeness (QED) is 0.497. The number of rotatable bonds is 5. The van der Waals surface area contributed by atoms with E-state index in [4.69, 9.17) is 12.2 Å². The number of hydrogen-bond acceptors (Lipinski definition) is 4. The standard InChI is InChI=1S/C15H19N5O2S/c1-4-19-9-14(11(3)18-19)10(2)16-15(23)17-12-6-5-7-13(8-12)20(21)22/h5-10H,4H2,1-3H3,(H2,16,17,23)/t10-/m1/s1. The molecule has 2 aromatic rings. The maximum absolute atomic E-state index is 10.8. The molecular formula is C15H19N5O2S. The molecule has 1 atom stereocenters. The van der Waals surface area contributed by atoms with E-state index in [0.717, 1.165) is 17.8 Å². The summed E-state index contributed by atoms with van der Waals surface area (Å²) in [5, 5.41) is 21.7. The molecule has 0 bridgehead atoms. The van der Waals surface area contributed by atoms with Crippen LogP contribution in [0.25, 0.3) is 0 Å². The number of nitro benzene ring substituents is 1. The van der Waals surface area contributed by atoms with Crippen molar-refractivity contribution in [1.82, 2.24) is 15.1 Å². The summed E-state index contributed by atoms with van der Waals surface area (Å²) in [4.78, 5) is 10.4. The SMILES string of the molecule is CCn1cc([C@@H](C)NC(=S)Nc2cccc([N+](=O)[O-])c2)c(C)n1. The minimum Gasteiger partial charge on any atom is -0.356 e. The molecule has 8 heteroatoms. The van der Waals surface area contributed by atoms with E-state index in [-0.39, 0.29) is 11.7 Å². The molecule has 0 radical (unpaired) electrons. The first-order valence-electron chi connectivity index (χ1n) is 7.26. The van der Waals surface area contributed by atoms with E-state index in [0.29, 0.717) is 10.8 Å². The van der Waals surface area contributed by atoms with Gasteiger partial charge in [0.05, 0.1) is 16.7 Å². The second-order valence-electron chi connectivity index (χ2n) is 5.15. The summed E-state index contributed by atoms with van der Waals surface area (Å²) >= 11 is 5.28. The van der Waals surface area contributed by atoms with Gasteiger partial charge in [-0.1, -0.05) is 6.07 Å². The predicted molar refractivity (Wildman–Crippen MR) is 93.5 cm³/mol. The average Bonchev–Trinajstić information content (AvgIpc) is 2.88. The number of benzene rings is 1. The van der Waals surface area contributed by atoms with Gasteiger partial charge in [0.25, 0.3) is 5.69 Å². The van der Waals surface area contributed by atoms with E-state index >= 15 is 0 Å². The molecule has 0 amide bonds. The van der Waals surface area contributed by atoms with Gasteiger partial charge < -0.3 is 10.6 Å². The van der Waals surface area contributed by atoms with Crippen molar-refractivity contribution in [2.45, 2.75) is 33.4 Å². The van der Waals surface area contributed by atoms with Crippen LogP contribution in [0, 0.1) is 17.0 Å². The molecule has 0 aliphatic heterocycles. The number of nitrogens with zero attached hydrogens (tertiary/aromatic N) is 3. The van der Waals surface area contributed by atoms with E-state index in [1.54, 1.807) is 12.1 Å². The fraction of sp³-hybridized carbons (Fsp3) is 0.333. The number of aryl methyl sites for hydroxylation is 2. The van der Waals surface area contributed by atoms with Gasteiger partial charge in [-0.2, -0.15) is 5.10 Å². The van der Waals surface area contributed by atoms with Crippen LogP contribution in [0.4, 0.5) is 11.4 Å².